The molecule has 2 unspecified atom stereocenters. The van der Waals surface area contributed by atoms with Gasteiger partial charge in [-0.2, -0.15) is 75.8 Å². The van der Waals surface area contributed by atoms with Gasteiger partial charge in [-0.3, -0.25) is 0 Å². The zero-order valence-electron chi connectivity index (χ0n) is 15.9. The third-order valence-electron chi connectivity index (χ3n) is 3.43. The summed E-state index contributed by atoms with van der Waals surface area (Å²) in [5, 5.41) is 6.24. The van der Waals surface area contributed by atoms with Crippen molar-refractivity contribution in [3.63, 3.8) is 0 Å². The first-order valence-electron chi connectivity index (χ1n) is 8.45. The van der Waals surface area contributed by atoms with Crippen molar-refractivity contribution in [3.8, 4) is 0 Å². The van der Waals surface area contributed by atoms with Crippen LogP contribution in [0.5, 0.6) is 0 Å². The first-order valence-corrected chi connectivity index (χ1v) is 22.6. The number of thiol groups is 6. The molecule has 0 amide bonds. The topological polar surface area (TPSA) is 0 Å². The minimum absolute atomic E-state index is 0.337. The molecule has 0 aliphatic carbocycles. The molecule has 16 heteroatoms. The molecule has 1 heterocycles. The summed E-state index contributed by atoms with van der Waals surface area (Å²) in [6.07, 6.45) is 0. The van der Waals surface area contributed by atoms with Gasteiger partial charge in [-0.25, -0.2) is 0 Å². The smallest absolute Gasteiger partial charge is 0.0808 e. The fourth-order valence-corrected chi connectivity index (χ4v) is 20.9. The minimum Gasteiger partial charge on any atom is -0.168 e. The van der Waals surface area contributed by atoms with Crippen molar-refractivity contribution < 1.29 is 0 Å². The minimum atomic E-state index is 0.337. The van der Waals surface area contributed by atoms with Crippen molar-refractivity contribution in [1.29, 1.82) is 0 Å². The molecular weight excluding hydrogens is 681 g/mol. The maximum Gasteiger partial charge on any atom is 0.0808 e. The van der Waals surface area contributed by atoms with E-state index in [1.165, 1.54) is 16.6 Å². The summed E-state index contributed by atoms with van der Waals surface area (Å²) in [7, 11) is 0. The van der Waals surface area contributed by atoms with Gasteiger partial charge in [0.1, 0.15) is 0 Å². The fourth-order valence-electron chi connectivity index (χ4n) is 2.12. The zero-order chi connectivity index (χ0) is 22.2. The maximum absolute atomic E-state index is 4.54. The molecule has 0 saturated carbocycles. The molecule has 0 bridgehead atoms. The van der Waals surface area contributed by atoms with E-state index in [4.69, 9.17) is 0 Å². The lowest BCUT2D eigenvalue weighted by atomic mass is 10.5. The Labute approximate surface area is 259 Å². The third kappa shape index (κ3) is 13.4. The van der Waals surface area contributed by atoms with Gasteiger partial charge in [0.15, 0.2) is 0 Å². The summed E-state index contributed by atoms with van der Waals surface area (Å²) in [4.78, 5) is 0. The Morgan fingerprint density at radius 2 is 1.00 bits per heavy atom. The highest BCUT2D eigenvalue weighted by Gasteiger charge is 2.41. The Balaban J connectivity index is 2.93. The summed E-state index contributed by atoms with van der Waals surface area (Å²) in [6.45, 7) is 0. The molecule has 1 saturated heterocycles. The van der Waals surface area contributed by atoms with Crippen LogP contribution in [-0.2, 0) is 0 Å². The summed E-state index contributed by atoms with van der Waals surface area (Å²) in [6, 6.07) is 0. The molecule has 0 aromatic rings. The van der Waals surface area contributed by atoms with E-state index in [1.54, 1.807) is 0 Å². The predicted molar refractivity (Wildman–Crippen MR) is 192 cm³/mol. The second kappa shape index (κ2) is 21.5. The highest BCUT2D eigenvalue weighted by molar-refractivity contribution is 8.36. The largest absolute Gasteiger partial charge is 0.168 e. The van der Waals surface area contributed by atoms with Gasteiger partial charge in [0.05, 0.1) is 22.4 Å². The molecule has 0 radical (unpaired) electrons. The number of hydrogen-bond donors (Lipinski definition) is 6. The highest BCUT2D eigenvalue weighted by Crippen LogP contribution is 2.56. The summed E-state index contributed by atoms with van der Waals surface area (Å²) in [5.74, 6) is 2.34. The molecule has 1 aliphatic rings. The second-order valence-corrected chi connectivity index (χ2v) is 23.2. The SMILES string of the molecule is SCSCC1(CSC(SC(SCS)C(SCS)SCS)C(SCS)SCS)SCS1. The van der Waals surface area contributed by atoms with Crippen LogP contribution in [0.15, 0.2) is 0 Å². The van der Waals surface area contributed by atoms with Crippen LogP contribution in [0.3, 0.4) is 0 Å². The van der Waals surface area contributed by atoms with Crippen LogP contribution in [0.1, 0.15) is 0 Å². The van der Waals surface area contributed by atoms with Crippen LogP contribution >= 0.6 is 193 Å². The monoisotopic (exact) mass is 708 g/mol. The summed E-state index contributed by atoms with van der Waals surface area (Å²) < 4.78 is 2.17. The van der Waals surface area contributed by atoms with E-state index in [0.717, 1.165) is 30.5 Å². The molecule has 0 aromatic heterocycles. The van der Waals surface area contributed by atoms with E-state index in [0.29, 0.717) is 22.4 Å². The number of rotatable bonds is 20. The Morgan fingerprint density at radius 3 is 1.37 bits per heavy atom. The first kappa shape index (κ1) is 33.6. The Morgan fingerprint density at radius 1 is 0.567 bits per heavy atom. The van der Waals surface area contributed by atoms with Gasteiger partial charge in [0.25, 0.3) is 0 Å². The van der Waals surface area contributed by atoms with E-state index in [-0.39, 0.29) is 0 Å². The average molecular weight is 709 g/mol. The predicted octanol–water partition coefficient (Wildman–Crippen LogP) is 8.61. The lowest BCUT2D eigenvalue weighted by Crippen LogP contribution is -2.36. The van der Waals surface area contributed by atoms with Gasteiger partial charge < -0.3 is 0 Å². The zero-order valence-corrected chi connectivity index (χ0v) is 29.5. The van der Waals surface area contributed by atoms with Crippen molar-refractivity contribution in [2.45, 2.75) is 22.4 Å². The molecule has 180 valence electrons. The van der Waals surface area contributed by atoms with Crippen LogP contribution < -0.4 is 0 Å². The van der Waals surface area contributed by atoms with Gasteiger partial charge in [-0.05, 0) is 0 Å². The van der Waals surface area contributed by atoms with E-state index in [2.05, 4.69) is 123 Å². The Kier molecular flexibility index (Phi) is 24.1. The first-order chi connectivity index (χ1) is 14.6. The van der Waals surface area contributed by atoms with Crippen LogP contribution in [-0.4, -0.2) is 69.5 Å². The molecule has 1 rings (SSSR count). The molecule has 0 nitrogen and oxygen atoms in total. The Bertz CT molecular complexity index is 397. The van der Waals surface area contributed by atoms with E-state index >= 15 is 0 Å². The van der Waals surface area contributed by atoms with Crippen LogP contribution in [0, 0.1) is 0 Å². The van der Waals surface area contributed by atoms with E-state index in [1.807, 2.05) is 70.6 Å². The van der Waals surface area contributed by atoms with Gasteiger partial charge in [-0.1, -0.05) is 0 Å². The van der Waals surface area contributed by atoms with E-state index in [9.17, 15) is 0 Å². The van der Waals surface area contributed by atoms with Gasteiger partial charge in [0.2, 0.25) is 0 Å². The maximum atomic E-state index is 4.54. The van der Waals surface area contributed by atoms with Crippen molar-refractivity contribution in [1.82, 2.24) is 0 Å². The van der Waals surface area contributed by atoms with Crippen molar-refractivity contribution in [2.24, 2.45) is 0 Å². The van der Waals surface area contributed by atoms with Gasteiger partial charge >= 0.3 is 0 Å². The lowest BCUT2D eigenvalue weighted by molar-refractivity contribution is 1.05. The summed E-state index contributed by atoms with van der Waals surface area (Å²) in [5.41, 5.74) is 0. The lowest BCUT2D eigenvalue weighted by Gasteiger charge is -2.41. The molecule has 0 N–H and O–H groups in total. The second-order valence-electron chi connectivity index (χ2n) is 5.19. The molecule has 1 fully saturated rings. The van der Waals surface area contributed by atoms with Crippen molar-refractivity contribution in [3.05, 3.63) is 0 Å². The molecule has 1 aliphatic heterocycles. The van der Waals surface area contributed by atoms with Crippen LogP contribution in [0.4, 0.5) is 0 Å². The molecule has 30 heavy (non-hydrogen) atoms. The number of hydrogen-bond acceptors (Lipinski definition) is 16. The Hall–Kier alpha value is 5.60. The molecule has 0 aromatic carbocycles. The quantitative estimate of drug-likeness (QED) is 0.0535. The van der Waals surface area contributed by atoms with Crippen molar-refractivity contribution >= 4 is 193 Å². The highest BCUT2D eigenvalue weighted by atomic mass is 32.3. The molecular formula is C14H28S16. The van der Waals surface area contributed by atoms with Crippen LogP contribution in [0.25, 0.3) is 0 Å². The normalized spacial score (nSPS) is 18.0. The third-order valence-corrected chi connectivity index (χ3v) is 21.7. The van der Waals surface area contributed by atoms with Gasteiger partial charge in [-0.15, -0.1) is 118 Å². The van der Waals surface area contributed by atoms with E-state index < -0.39 is 0 Å². The summed E-state index contributed by atoms with van der Waals surface area (Å²) >= 11 is 47.0. The number of thioether (sulfide) groups is 10. The molecule has 2 atom stereocenters. The fraction of sp³-hybridized carbons (Fsp3) is 1.00. The molecule has 0 spiro atoms. The van der Waals surface area contributed by atoms with Crippen LogP contribution in [0.2, 0.25) is 0 Å². The van der Waals surface area contributed by atoms with Gasteiger partial charge in [0, 0.05) is 47.1 Å². The average Bonchev–Trinajstić information content (AvgIpc) is 2.71. The van der Waals surface area contributed by atoms with Crippen molar-refractivity contribution in [2.75, 3.05) is 47.1 Å². The standard InChI is InChI=1S/C14H28S16/c15-3-21-1-14(28-9-29-14)2-22-12(10(23-4-16)24-5-17)30-13(27-8-20)11(25-6-18)26-7-19/h10-13,15-20H,1-9H2.